The van der Waals surface area contributed by atoms with Crippen molar-refractivity contribution in [2.75, 3.05) is 0 Å². The molecule has 0 spiro atoms. The highest BCUT2D eigenvalue weighted by Gasteiger charge is 2.49. The van der Waals surface area contributed by atoms with E-state index < -0.39 is 5.41 Å². The fraction of sp³-hybridized carbons (Fsp3) is 0.0208. The predicted molar refractivity (Wildman–Crippen MR) is 207 cm³/mol. The van der Waals surface area contributed by atoms with Gasteiger partial charge in [-0.15, -0.1) is 0 Å². The molecule has 0 unspecified atom stereocenters. The molecule has 1 aliphatic carbocycles. The molecule has 10 aromatic rings. The molecule has 0 amide bonds. The Morgan fingerprint density at radius 3 is 1.67 bits per heavy atom. The average molecular weight is 652 g/mol. The van der Waals surface area contributed by atoms with E-state index >= 15 is 0 Å². The molecule has 0 saturated carbocycles. The van der Waals surface area contributed by atoms with E-state index in [4.69, 9.17) is 8.83 Å². The molecule has 0 aliphatic heterocycles. The standard InChI is InChI=1S/C48H29NO2/c1-3-11-33(12-4-1)48(34-13-5-2-6-14-34)39-24-23-36-35-15-7-9-17-41(35)50-46(36)44(39)45-40(48)29-38(43-37-16-8-10-18-42(37)51-47(43)45)32-21-19-30(20-22-32)31-25-27-49-28-26-31/h1-29H. The van der Waals surface area contributed by atoms with Crippen molar-refractivity contribution >= 4 is 43.9 Å². The third-order valence-electron chi connectivity index (χ3n) is 10.9. The fourth-order valence-corrected chi connectivity index (χ4v) is 8.72. The minimum absolute atomic E-state index is 0.640. The van der Waals surface area contributed by atoms with Gasteiger partial charge in [-0.1, -0.05) is 133 Å². The SMILES string of the molecule is c1ccc(C2(c3ccccc3)c3ccc4c(oc5ccccc54)c3-c3c2cc(-c2ccc(-c4ccncc4)cc2)c2c3oc3ccccc32)cc1. The molecule has 3 nitrogen and oxygen atoms in total. The Bertz CT molecular complexity index is 2900. The number of rotatable bonds is 4. The first-order valence-electron chi connectivity index (χ1n) is 17.4. The molecule has 0 radical (unpaired) electrons. The van der Waals surface area contributed by atoms with Crippen molar-refractivity contribution in [3.05, 3.63) is 198 Å². The Labute approximate surface area is 294 Å². The van der Waals surface area contributed by atoms with Gasteiger partial charge in [0.2, 0.25) is 0 Å². The molecule has 0 atom stereocenters. The normalized spacial score (nSPS) is 13.3. The van der Waals surface area contributed by atoms with Gasteiger partial charge in [0.25, 0.3) is 0 Å². The van der Waals surface area contributed by atoms with Crippen molar-refractivity contribution < 1.29 is 8.83 Å². The molecule has 3 heterocycles. The zero-order chi connectivity index (χ0) is 33.5. The van der Waals surface area contributed by atoms with Crippen molar-refractivity contribution in [3.63, 3.8) is 0 Å². The lowest BCUT2D eigenvalue weighted by atomic mass is 9.67. The molecular formula is C48H29NO2. The van der Waals surface area contributed by atoms with Crippen LogP contribution in [0.1, 0.15) is 22.3 Å². The van der Waals surface area contributed by atoms with E-state index in [1.807, 2.05) is 18.5 Å². The highest BCUT2D eigenvalue weighted by molar-refractivity contribution is 6.22. The van der Waals surface area contributed by atoms with Crippen LogP contribution in [0.3, 0.4) is 0 Å². The predicted octanol–water partition coefficient (Wildman–Crippen LogP) is 12.6. The molecular weight excluding hydrogens is 623 g/mol. The second kappa shape index (κ2) is 10.6. The summed E-state index contributed by atoms with van der Waals surface area (Å²) in [7, 11) is 0. The second-order valence-electron chi connectivity index (χ2n) is 13.4. The lowest BCUT2D eigenvalue weighted by Gasteiger charge is -2.34. The Hall–Kier alpha value is -6.71. The first-order valence-corrected chi connectivity index (χ1v) is 17.4. The van der Waals surface area contributed by atoms with Crippen LogP contribution >= 0.6 is 0 Å². The summed E-state index contributed by atoms with van der Waals surface area (Å²) in [6.45, 7) is 0. The number of hydrogen-bond donors (Lipinski definition) is 0. The number of benzene rings is 7. The summed E-state index contributed by atoms with van der Waals surface area (Å²) in [6.07, 6.45) is 3.68. The summed E-state index contributed by atoms with van der Waals surface area (Å²) in [5.74, 6) is 0. The number of para-hydroxylation sites is 2. The van der Waals surface area contributed by atoms with Gasteiger partial charge in [-0.3, -0.25) is 4.98 Å². The van der Waals surface area contributed by atoms with Crippen LogP contribution in [0.15, 0.2) is 185 Å². The zero-order valence-corrected chi connectivity index (χ0v) is 27.5. The molecule has 3 aromatic heterocycles. The number of hydrogen-bond acceptors (Lipinski definition) is 3. The van der Waals surface area contributed by atoms with Gasteiger partial charge in [0.15, 0.2) is 0 Å². The molecule has 238 valence electrons. The van der Waals surface area contributed by atoms with Gasteiger partial charge >= 0.3 is 0 Å². The largest absolute Gasteiger partial charge is 0.455 e. The van der Waals surface area contributed by atoms with Crippen molar-refractivity contribution in [2.24, 2.45) is 0 Å². The molecule has 3 heteroatoms. The van der Waals surface area contributed by atoms with Gasteiger partial charge in [-0.05, 0) is 74.8 Å². The maximum Gasteiger partial charge on any atom is 0.144 e. The van der Waals surface area contributed by atoms with Crippen molar-refractivity contribution in [1.29, 1.82) is 0 Å². The zero-order valence-electron chi connectivity index (χ0n) is 27.5. The summed E-state index contributed by atoms with van der Waals surface area (Å²) in [5.41, 5.74) is 14.4. The minimum Gasteiger partial charge on any atom is -0.455 e. The van der Waals surface area contributed by atoms with Gasteiger partial charge in [-0.25, -0.2) is 0 Å². The summed E-state index contributed by atoms with van der Waals surface area (Å²) < 4.78 is 13.9. The van der Waals surface area contributed by atoms with Crippen LogP contribution < -0.4 is 0 Å². The van der Waals surface area contributed by atoms with E-state index in [9.17, 15) is 0 Å². The highest BCUT2D eigenvalue weighted by Crippen LogP contribution is 2.61. The number of pyridine rings is 1. The van der Waals surface area contributed by atoms with Gasteiger partial charge < -0.3 is 8.83 Å². The minimum atomic E-state index is -0.640. The Balaban J connectivity index is 1.33. The molecule has 7 aromatic carbocycles. The van der Waals surface area contributed by atoms with E-state index in [2.05, 4.69) is 163 Å². The van der Waals surface area contributed by atoms with Crippen LogP contribution in [0.25, 0.3) is 77.3 Å². The molecule has 1 aliphatic rings. The lowest BCUT2D eigenvalue weighted by molar-refractivity contribution is 0.665. The monoisotopic (exact) mass is 651 g/mol. The first kappa shape index (κ1) is 28.2. The number of aromatic nitrogens is 1. The summed E-state index contributed by atoms with van der Waals surface area (Å²) in [6, 6.07) is 58.6. The summed E-state index contributed by atoms with van der Waals surface area (Å²) in [4.78, 5) is 4.22. The van der Waals surface area contributed by atoms with Crippen LogP contribution in [0.5, 0.6) is 0 Å². The van der Waals surface area contributed by atoms with E-state index in [1.165, 1.54) is 22.3 Å². The van der Waals surface area contributed by atoms with E-state index in [0.29, 0.717) is 0 Å². The molecule has 0 bridgehead atoms. The molecule has 0 fully saturated rings. The van der Waals surface area contributed by atoms with Crippen LogP contribution in [0.2, 0.25) is 0 Å². The number of fused-ring (bicyclic) bond motifs is 11. The van der Waals surface area contributed by atoms with Crippen molar-refractivity contribution in [2.45, 2.75) is 5.41 Å². The van der Waals surface area contributed by atoms with Gasteiger partial charge in [0.05, 0.1) is 5.41 Å². The third kappa shape index (κ3) is 3.86. The van der Waals surface area contributed by atoms with E-state index in [1.54, 1.807) is 0 Å². The third-order valence-corrected chi connectivity index (χ3v) is 10.9. The number of nitrogens with zero attached hydrogens (tertiary/aromatic N) is 1. The average Bonchev–Trinajstić information content (AvgIpc) is 3.87. The van der Waals surface area contributed by atoms with Crippen molar-refractivity contribution in [1.82, 2.24) is 4.98 Å². The van der Waals surface area contributed by atoms with Crippen molar-refractivity contribution in [3.8, 4) is 33.4 Å². The Morgan fingerprint density at radius 2 is 0.961 bits per heavy atom. The summed E-state index contributed by atoms with van der Waals surface area (Å²) in [5, 5.41) is 4.42. The molecule has 51 heavy (non-hydrogen) atoms. The first-order chi connectivity index (χ1) is 25.3. The van der Waals surface area contributed by atoms with Crippen LogP contribution in [-0.2, 0) is 5.41 Å². The second-order valence-corrected chi connectivity index (χ2v) is 13.4. The van der Waals surface area contributed by atoms with Crippen LogP contribution in [0.4, 0.5) is 0 Å². The number of furan rings is 2. The van der Waals surface area contributed by atoms with E-state index in [0.717, 1.165) is 77.3 Å². The quantitative estimate of drug-likeness (QED) is 0.190. The highest BCUT2D eigenvalue weighted by atomic mass is 16.3. The van der Waals surface area contributed by atoms with E-state index in [-0.39, 0.29) is 0 Å². The maximum absolute atomic E-state index is 7.05. The molecule has 11 rings (SSSR count). The lowest BCUT2D eigenvalue weighted by Crippen LogP contribution is -2.28. The van der Waals surface area contributed by atoms with Gasteiger partial charge in [0, 0.05) is 45.1 Å². The Kier molecular flexibility index (Phi) is 5.88. The fourth-order valence-electron chi connectivity index (χ4n) is 8.72. The molecule has 0 N–H and O–H groups in total. The van der Waals surface area contributed by atoms with Crippen LogP contribution in [0, 0.1) is 0 Å². The Morgan fingerprint density at radius 1 is 0.412 bits per heavy atom. The summed E-state index contributed by atoms with van der Waals surface area (Å²) >= 11 is 0. The maximum atomic E-state index is 7.05. The van der Waals surface area contributed by atoms with Gasteiger partial charge in [0.1, 0.15) is 22.3 Å². The molecule has 0 saturated heterocycles. The van der Waals surface area contributed by atoms with Crippen LogP contribution in [-0.4, -0.2) is 4.98 Å². The topological polar surface area (TPSA) is 39.2 Å². The smallest absolute Gasteiger partial charge is 0.144 e. The van der Waals surface area contributed by atoms with Gasteiger partial charge in [-0.2, -0.15) is 0 Å².